The third-order valence-corrected chi connectivity index (χ3v) is 4.33. The van der Waals surface area contributed by atoms with Crippen LogP contribution in [0, 0.1) is 5.92 Å². The first-order valence-corrected chi connectivity index (χ1v) is 8.22. The summed E-state index contributed by atoms with van der Waals surface area (Å²) in [7, 11) is 0. The van der Waals surface area contributed by atoms with E-state index in [0.29, 0.717) is 5.92 Å². The summed E-state index contributed by atoms with van der Waals surface area (Å²) in [6.07, 6.45) is 4.64. The van der Waals surface area contributed by atoms with Gasteiger partial charge in [-0.05, 0) is 73.5 Å². The number of amides is 1. The third-order valence-electron chi connectivity index (χ3n) is 3.61. The number of pyridine rings is 1. The molecule has 0 unspecified atom stereocenters. The maximum Gasteiger partial charge on any atom is 0.410 e. The summed E-state index contributed by atoms with van der Waals surface area (Å²) >= 11 is 3.50. The molecule has 1 amide bonds. The molecule has 0 radical (unpaired) electrons. The van der Waals surface area contributed by atoms with Crippen molar-refractivity contribution < 1.29 is 9.53 Å². The molecule has 4 nitrogen and oxygen atoms in total. The molecule has 0 atom stereocenters. The Bertz CT molecular complexity index is 491. The summed E-state index contributed by atoms with van der Waals surface area (Å²) < 4.78 is 6.35. The van der Waals surface area contributed by atoms with Crippen LogP contribution in [0.3, 0.4) is 0 Å². The van der Waals surface area contributed by atoms with Gasteiger partial charge in [0.05, 0.1) is 0 Å². The Balaban J connectivity index is 1.83. The number of halogens is 1. The molecule has 1 aromatic heterocycles. The molecule has 116 valence electrons. The highest BCUT2D eigenvalue weighted by Crippen LogP contribution is 2.25. The molecule has 0 aliphatic carbocycles. The Morgan fingerprint density at radius 1 is 1.43 bits per heavy atom. The first kappa shape index (κ1) is 16.3. The normalized spacial score (nSPS) is 16.9. The zero-order chi connectivity index (χ0) is 15.5. The van der Waals surface area contributed by atoms with Crippen molar-refractivity contribution in [2.45, 2.75) is 45.6 Å². The Kier molecular flexibility index (Phi) is 5.25. The molecule has 1 aliphatic rings. The van der Waals surface area contributed by atoms with Gasteiger partial charge in [0.2, 0.25) is 0 Å². The predicted molar refractivity (Wildman–Crippen MR) is 86.2 cm³/mol. The molecule has 0 N–H and O–H groups in total. The van der Waals surface area contributed by atoms with Gasteiger partial charge in [0, 0.05) is 19.3 Å². The molecule has 1 aromatic rings. The number of hydrogen-bond donors (Lipinski definition) is 0. The van der Waals surface area contributed by atoms with E-state index in [1.807, 2.05) is 31.7 Å². The Morgan fingerprint density at radius 2 is 2.10 bits per heavy atom. The van der Waals surface area contributed by atoms with Crippen LogP contribution in [-0.2, 0) is 11.2 Å². The number of rotatable bonds is 2. The number of piperidine rings is 1. The number of carbonyl (C=O) groups is 1. The number of likely N-dealkylation sites (tertiary alicyclic amines) is 1. The maximum atomic E-state index is 12.0. The molecular weight excluding hydrogens is 332 g/mol. The summed E-state index contributed by atoms with van der Waals surface area (Å²) in [5.41, 5.74) is 0.822. The van der Waals surface area contributed by atoms with E-state index in [9.17, 15) is 4.79 Å². The van der Waals surface area contributed by atoms with Gasteiger partial charge >= 0.3 is 6.09 Å². The van der Waals surface area contributed by atoms with E-state index >= 15 is 0 Å². The minimum Gasteiger partial charge on any atom is -0.444 e. The molecule has 1 aliphatic heterocycles. The van der Waals surface area contributed by atoms with E-state index in [1.54, 1.807) is 6.20 Å². The van der Waals surface area contributed by atoms with Gasteiger partial charge in [-0.25, -0.2) is 9.78 Å². The van der Waals surface area contributed by atoms with Gasteiger partial charge in [0.15, 0.2) is 0 Å². The largest absolute Gasteiger partial charge is 0.444 e. The minimum absolute atomic E-state index is 0.191. The highest BCUT2D eigenvalue weighted by molar-refractivity contribution is 9.10. The summed E-state index contributed by atoms with van der Waals surface area (Å²) in [5.74, 6) is 0.601. The van der Waals surface area contributed by atoms with Crippen LogP contribution in [0.15, 0.2) is 22.9 Å². The highest BCUT2D eigenvalue weighted by atomic mass is 79.9. The minimum atomic E-state index is -0.422. The molecule has 0 bridgehead atoms. The average Bonchev–Trinajstić information content (AvgIpc) is 2.40. The van der Waals surface area contributed by atoms with Gasteiger partial charge in [0.1, 0.15) is 10.2 Å². The van der Waals surface area contributed by atoms with Gasteiger partial charge in [-0.2, -0.15) is 0 Å². The summed E-state index contributed by atoms with van der Waals surface area (Å²) in [6, 6.07) is 4.08. The van der Waals surface area contributed by atoms with Crippen LogP contribution < -0.4 is 0 Å². The van der Waals surface area contributed by atoms with E-state index < -0.39 is 5.60 Å². The summed E-state index contributed by atoms with van der Waals surface area (Å²) in [6.45, 7) is 7.25. The van der Waals surface area contributed by atoms with Crippen LogP contribution in [0.5, 0.6) is 0 Å². The van der Waals surface area contributed by atoms with E-state index in [2.05, 4.69) is 27.0 Å². The standard InChI is InChI=1S/C16H23BrN2O2/c1-16(2,3)21-15(20)19-9-6-12(7-10-19)11-13-5-4-8-18-14(13)17/h4-5,8,12H,6-7,9-11H2,1-3H3. The molecule has 0 aromatic carbocycles. The molecule has 2 rings (SSSR count). The predicted octanol–water partition coefficient (Wildman–Crippen LogP) is 4.03. The molecular formula is C16H23BrN2O2. The van der Waals surface area contributed by atoms with Crippen LogP contribution in [0.1, 0.15) is 39.2 Å². The lowest BCUT2D eigenvalue weighted by atomic mass is 9.91. The Labute approximate surface area is 135 Å². The van der Waals surface area contributed by atoms with Crippen LogP contribution in [-0.4, -0.2) is 34.7 Å². The van der Waals surface area contributed by atoms with Gasteiger partial charge < -0.3 is 9.64 Å². The monoisotopic (exact) mass is 354 g/mol. The quantitative estimate of drug-likeness (QED) is 0.752. The van der Waals surface area contributed by atoms with Gasteiger partial charge in [-0.3, -0.25) is 0 Å². The molecule has 1 saturated heterocycles. The van der Waals surface area contributed by atoms with Crippen LogP contribution in [0.25, 0.3) is 0 Å². The lowest BCUT2D eigenvalue weighted by Crippen LogP contribution is -2.42. The van der Waals surface area contributed by atoms with Gasteiger partial charge in [-0.15, -0.1) is 0 Å². The van der Waals surface area contributed by atoms with Crippen molar-refractivity contribution >= 4 is 22.0 Å². The fraction of sp³-hybridized carbons (Fsp3) is 0.625. The van der Waals surface area contributed by atoms with E-state index in [4.69, 9.17) is 4.74 Å². The van der Waals surface area contributed by atoms with Crippen molar-refractivity contribution in [1.82, 2.24) is 9.88 Å². The first-order chi connectivity index (χ1) is 9.85. The second kappa shape index (κ2) is 6.77. The fourth-order valence-corrected chi connectivity index (χ4v) is 2.94. The van der Waals surface area contributed by atoms with E-state index in [0.717, 1.165) is 37.0 Å². The van der Waals surface area contributed by atoms with Gasteiger partial charge in [0.25, 0.3) is 0 Å². The maximum absolute atomic E-state index is 12.0. The fourth-order valence-electron chi connectivity index (χ4n) is 2.53. The van der Waals surface area contributed by atoms with Crippen molar-refractivity contribution in [2.24, 2.45) is 5.92 Å². The van der Waals surface area contributed by atoms with Crippen LogP contribution in [0.4, 0.5) is 4.79 Å². The lowest BCUT2D eigenvalue weighted by Gasteiger charge is -2.33. The third kappa shape index (κ3) is 4.99. The first-order valence-electron chi connectivity index (χ1n) is 7.42. The molecule has 5 heteroatoms. The number of aromatic nitrogens is 1. The molecule has 21 heavy (non-hydrogen) atoms. The SMILES string of the molecule is CC(C)(C)OC(=O)N1CCC(Cc2cccnc2Br)CC1. The second-order valence-corrected chi connectivity index (χ2v) is 7.32. The van der Waals surface area contributed by atoms with E-state index in [-0.39, 0.29) is 6.09 Å². The van der Waals surface area contributed by atoms with Crippen LogP contribution >= 0.6 is 15.9 Å². The Morgan fingerprint density at radius 3 is 2.67 bits per heavy atom. The molecule has 0 saturated carbocycles. The molecule has 0 spiro atoms. The lowest BCUT2D eigenvalue weighted by molar-refractivity contribution is 0.0184. The average molecular weight is 355 g/mol. The second-order valence-electron chi connectivity index (χ2n) is 6.57. The summed E-state index contributed by atoms with van der Waals surface area (Å²) in [4.78, 5) is 18.1. The zero-order valence-corrected chi connectivity index (χ0v) is 14.5. The molecule has 1 fully saturated rings. The topological polar surface area (TPSA) is 42.4 Å². The van der Waals surface area contributed by atoms with Crippen molar-refractivity contribution in [1.29, 1.82) is 0 Å². The van der Waals surface area contributed by atoms with Crippen molar-refractivity contribution in [3.8, 4) is 0 Å². The van der Waals surface area contributed by atoms with Crippen LogP contribution in [0.2, 0.25) is 0 Å². The van der Waals surface area contributed by atoms with Gasteiger partial charge in [-0.1, -0.05) is 6.07 Å². The van der Waals surface area contributed by atoms with E-state index in [1.165, 1.54) is 5.56 Å². The number of carbonyl (C=O) groups excluding carboxylic acids is 1. The van der Waals surface area contributed by atoms with Crippen molar-refractivity contribution in [3.63, 3.8) is 0 Å². The highest BCUT2D eigenvalue weighted by Gasteiger charge is 2.27. The van der Waals surface area contributed by atoms with Crippen molar-refractivity contribution in [2.75, 3.05) is 13.1 Å². The number of ether oxygens (including phenoxy) is 1. The number of hydrogen-bond acceptors (Lipinski definition) is 3. The summed E-state index contributed by atoms with van der Waals surface area (Å²) in [5, 5.41) is 0. The Hall–Kier alpha value is -1.10. The smallest absolute Gasteiger partial charge is 0.410 e. The number of nitrogens with zero attached hydrogens (tertiary/aromatic N) is 2. The molecule has 2 heterocycles. The van der Waals surface area contributed by atoms with Crippen molar-refractivity contribution in [3.05, 3.63) is 28.5 Å². The zero-order valence-electron chi connectivity index (χ0n) is 12.9.